The lowest BCUT2D eigenvalue weighted by molar-refractivity contribution is 0.475. The summed E-state index contributed by atoms with van der Waals surface area (Å²) in [6.45, 7) is 0. The van der Waals surface area contributed by atoms with E-state index in [2.05, 4.69) is 20.7 Å². The van der Waals surface area contributed by atoms with E-state index in [-0.39, 0.29) is 10.6 Å². The fourth-order valence-corrected chi connectivity index (χ4v) is 3.15. The van der Waals surface area contributed by atoms with Gasteiger partial charge in [-0.15, -0.1) is 0 Å². The summed E-state index contributed by atoms with van der Waals surface area (Å²) in [5, 5.41) is 9.56. The summed E-state index contributed by atoms with van der Waals surface area (Å²) in [6, 6.07) is 10.1. The molecule has 0 spiro atoms. The van der Waals surface area contributed by atoms with Crippen molar-refractivity contribution in [1.29, 1.82) is 0 Å². The van der Waals surface area contributed by atoms with Gasteiger partial charge in [-0.25, -0.2) is 8.42 Å². The molecule has 0 fully saturated rings. The Hall–Kier alpha value is -1.24. The van der Waals surface area contributed by atoms with Crippen molar-refractivity contribution in [3.8, 4) is 5.75 Å². The Bertz CT molecular complexity index is 701. The number of benzene rings is 2. The topological polar surface area (TPSA) is 66.4 Å². The van der Waals surface area contributed by atoms with E-state index in [1.54, 1.807) is 18.2 Å². The molecule has 19 heavy (non-hydrogen) atoms. The zero-order chi connectivity index (χ0) is 14.0. The van der Waals surface area contributed by atoms with Crippen LogP contribution in [0, 0.1) is 0 Å². The van der Waals surface area contributed by atoms with Gasteiger partial charge in [0.1, 0.15) is 5.75 Å². The normalized spacial score (nSPS) is 11.3. The van der Waals surface area contributed by atoms with Gasteiger partial charge in [0.05, 0.1) is 20.1 Å². The molecule has 0 amide bonds. The van der Waals surface area contributed by atoms with Crippen molar-refractivity contribution in [2.45, 2.75) is 4.90 Å². The second-order valence-electron chi connectivity index (χ2n) is 3.70. The quantitative estimate of drug-likeness (QED) is 0.876. The predicted octanol–water partition coefficient (Wildman–Crippen LogP) is 3.61. The molecule has 0 aliphatic heterocycles. The molecular weight excluding hydrogens is 354 g/mol. The highest BCUT2D eigenvalue weighted by Gasteiger charge is 2.16. The van der Waals surface area contributed by atoms with Crippen LogP contribution in [0.5, 0.6) is 5.75 Å². The Morgan fingerprint density at radius 3 is 2.37 bits per heavy atom. The molecule has 0 aliphatic rings. The van der Waals surface area contributed by atoms with E-state index >= 15 is 0 Å². The molecule has 0 unspecified atom stereocenters. The molecule has 100 valence electrons. The van der Waals surface area contributed by atoms with Gasteiger partial charge in [-0.3, -0.25) is 4.72 Å². The zero-order valence-corrected chi connectivity index (χ0v) is 12.6. The molecule has 2 N–H and O–H groups in total. The van der Waals surface area contributed by atoms with Gasteiger partial charge in [-0.2, -0.15) is 0 Å². The number of rotatable bonds is 3. The fraction of sp³-hybridized carbons (Fsp3) is 0. The third-order valence-electron chi connectivity index (χ3n) is 2.34. The fourth-order valence-electron chi connectivity index (χ4n) is 1.41. The first-order valence-electron chi connectivity index (χ1n) is 5.16. The summed E-state index contributed by atoms with van der Waals surface area (Å²) in [4.78, 5) is 0.0529. The highest BCUT2D eigenvalue weighted by Crippen LogP contribution is 2.31. The third kappa shape index (κ3) is 3.20. The van der Waals surface area contributed by atoms with Crippen LogP contribution < -0.4 is 4.72 Å². The molecule has 0 aromatic heterocycles. The van der Waals surface area contributed by atoms with Gasteiger partial charge in [-0.05, 0) is 52.3 Å². The minimum absolute atomic E-state index is 0.00267. The molecule has 0 radical (unpaired) electrons. The summed E-state index contributed by atoms with van der Waals surface area (Å²) < 4.78 is 27.1. The lowest BCUT2D eigenvalue weighted by atomic mass is 10.3. The van der Waals surface area contributed by atoms with Gasteiger partial charge in [-0.1, -0.05) is 17.7 Å². The van der Waals surface area contributed by atoms with Gasteiger partial charge < -0.3 is 5.11 Å². The second kappa shape index (κ2) is 5.40. The van der Waals surface area contributed by atoms with Crippen molar-refractivity contribution in [2.24, 2.45) is 0 Å². The molecule has 4 nitrogen and oxygen atoms in total. The Kier molecular flexibility index (Phi) is 4.03. The first kappa shape index (κ1) is 14.2. The number of sulfonamides is 1. The summed E-state index contributed by atoms with van der Waals surface area (Å²) >= 11 is 9.11. The number of halogens is 2. The molecule has 2 aromatic carbocycles. The van der Waals surface area contributed by atoms with E-state index in [1.165, 1.54) is 24.3 Å². The van der Waals surface area contributed by atoms with Crippen molar-refractivity contribution in [3.05, 3.63) is 52.0 Å². The Balaban J connectivity index is 2.36. The molecule has 7 heteroatoms. The molecule has 0 saturated carbocycles. The number of aromatic hydroxyl groups is 1. The molecule has 2 rings (SSSR count). The SMILES string of the molecule is O=S(=O)(Nc1cccc(Cl)c1Br)c1ccc(O)cc1. The number of phenolic OH excluding ortho intramolecular Hbond substituents is 1. The Labute approximate surface area is 124 Å². The van der Waals surface area contributed by atoms with Crippen LogP contribution in [0.2, 0.25) is 5.02 Å². The van der Waals surface area contributed by atoms with Crippen molar-refractivity contribution in [1.82, 2.24) is 0 Å². The molecule has 0 aliphatic carbocycles. The number of nitrogens with one attached hydrogen (secondary N) is 1. The van der Waals surface area contributed by atoms with E-state index in [4.69, 9.17) is 16.7 Å². The molecule has 0 atom stereocenters. The smallest absolute Gasteiger partial charge is 0.261 e. The number of phenols is 1. The van der Waals surface area contributed by atoms with E-state index < -0.39 is 10.0 Å². The van der Waals surface area contributed by atoms with Crippen LogP contribution in [0.25, 0.3) is 0 Å². The van der Waals surface area contributed by atoms with Crippen molar-refractivity contribution >= 4 is 43.2 Å². The first-order valence-corrected chi connectivity index (χ1v) is 7.81. The largest absolute Gasteiger partial charge is 0.508 e. The van der Waals surface area contributed by atoms with Crippen LogP contribution in [0.4, 0.5) is 5.69 Å². The van der Waals surface area contributed by atoms with Gasteiger partial charge >= 0.3 is 0 Å². The van der Waals surface area contributed by atoms with Crippen molar-refractivity contribution < 1.29 is 13.5 Å². The maximum Gasteiger partial charge on any atom is 0.261 e. The minimum atomic E-state index is -3.72. The zero-order valence-electron chi connectivity index (χ0n) is 9.47. The van der Waals surface area contributed by atoms with E-state index in [9.17, 15) is 8.42 Å². The lowest BCUT2D eigenvalue weighted by Crippen LogP contribution is -2.13. The van der Waals surface area contributed by atoms with Gasteiger partial charge in [0, 0.05) is 0 Å². The highest BCUT2D eigenvalue weighted by atomic mass is 79.9. The Morgan fingerprint density at radius 2 is 1.74 bits per heavy atom. The van der Waals surface area contributed by atoms with Crippen molar-refractivity contribution in [3.63, 3.8) is 0 Å². The highest BCUT2D eigenvalue weighted by molar-refractivity contribution is 9.10. The summed E-state index contributed by atoms with van der Waals surface area (Å²) in [7, 11) is -3.72. The number of anilines is 1. The maximum absolute atomic E-state index is 12.1. The van der Waals surface area contributed by atoms with Crippen molar-refractivity contribution in [2.75, 3.05) is 4.72 Å². The maximum atomic E-state index is 12.1. The average molecular weight is 363 g/mol. The standard InChI is InChI=1S/C12H9BrClNO3S/c13-12-10(14)2-1-3-11(12)15-19(17,18)9-6-4-8(16)5-7-9/h1-7,15-16H. The Morgan fingerprint density at radius 1 is 1.11 bits per heavy atom. The van der Waals surface area contributed by atoms with E-state index in [1.807, 2.05) is 0 Å². The van der Waals surface area contributed by atoms with Crippen LogP contribution in [-0.4, -0.2) is 13.5 Å². The van der Waals surface area contributed by atoms with Crippen LogP contribution in [0.1, 0.15) is 0 Å². The monoisotopic (exact) mass is 361 g/mol. The van der Waals surface area contributed by atoms with Gasteiger partial charge in [0.15, 0.2) is 0 Å². The van der Waals surface area contributed by atoms with Crippen LogP contribution in [0.3, 0.4) is 0 Å². The predicted molar refractivity (Wildman–Crippen MR) is 78.1 cm³/mol. The average Bonchev–Trinajstić information content (AvgIpc) is 2.35. The molecule has 2 aromatic rings. The number of hydrogen-bond donors (Lipinski definition) is 2. The molecule has 0 bridgehead atoms. The third-order valence-corrected chi connectivity index (χ3v) is 5.12. The second-order valence-corrected chi connectivity index (χ2v) is 6.58. The first-order chi connectivity index (χ1) is 8.90. The van der Waals surface area contributed by atoms with Crippen LogP contribution >= 0.6 is 27.5 Å². The summed E-state index contributed by atoms with van der Waals surface area (Å²) in [5.74, 6) is 0.00267. The molecular formula is C12H9BrClNO3S. The molecule has 0 heterocycles. The minimum Gasteiger partial charge on any atom is -0.508 e. The summed E-state index contributed by atoms with van der Waals surface area (Å²) in [5.41, 5.74) is 0.348. The van der Waals surface area contributed by atoms with Crippen LogP contribution in [0.15, 0.2) is 51.8 Å². The van der Waals surface area contributed by atoms with Gasteiger partial charge in [0.25, 0.3) is 10.0 Å². The molecule has 0 saturated heterocycles. The summed E-state index contributed by atoms with van der Waals surface area (Å²) in [6.07, 6.45) is 0. The van der Waals surface area contributed by atoms with Gasteiger partial charge in [0.2, 0.25) is 0 Å². The van der Waals surface area contributed by atoms with E-state index in [0.29, 0.717) is 15.2 Å². The lowest BCUT2D eigenvalue weighted by Gasteiger charge is -2.10. The van der Waals surface area contributed by atoms with Crippen LogP contribution in [-0.2, 0) is 10.0 Å². The number of hydrogen-bond acceptors (Lipinski definition) is 3. The van der Waals surface area contributed by atoms with E-state index in [0.717, 1.165) is 0 Å².